The normalized spacial score (nSPS) is 12.8. The van der Waals surface area contributed by atoms with Crippen LogP contribution in [0.1, 0.15) is 24.3 Å². The third-order valence-electron chi connectivity index (χ3n) is 1.89. The van der Waals surface area contributed by atoms with Crippen molar-refractivity contribution < 1.29 is 0 Å². The first-order valence-electron chi connectivity index (χ1n) is 4.45. The summed E-state index contributed by atoms with van der Waals surface area (Å²) in [4.78, 5) is 1.28. The van der Waals surface area contributed by atoms with E-state index in [0.29, 0.717) is 6.04 Å². The minimum Gasteiger partial charge on any atom is -0.305 e. The van der Waals surface area contributed by atoms with E-state index in [1.807, 2.05) is 6.07 Å². The summed E-state index contributed by atoms with van der Waals surface area (Å²) in [6.07, 6.45) is 1.05. The molecule has 1 aromatic heterocycles. The molecule has 1 N–H and O–H groups in total. The van der Waals surface area contributed by atoms with Crippen LogP contribution in [0.4, 0.5) is 0 Å². The Morgan fingerprint density at radius 1 is 1.71 bits per heavy atom. The van der Waals surface area contributed by atoms with Gasteiger partial charge in [-0.2, -0.15) is 0 Å². The Labute approximate surface area is 102 Å². The van der Waals surface area contributed by atoms with Crippen LogP contribution in [0.2, 0.25) is 4.34 Å². The minimum atomic E-state index is 0.377. The number of hydrogen-bond donors (Lipinski definition) is 1. The van der Waals surface area contributed by atoms with Gasteiger partial charge in [-0.25, -0.2) is 0 Å². The predicted octanol–water partition coefficient (Wildman–Crippen LogP) is 4.35. The van der Waals surface area contributed by atoms with Crippen molar-refractivity contribution in [3.8, 4) is 0 Å². The summed E-state index contributed by atoms with van der Waals surface area (Å²) in [5, 5.41) is 3.40. The van der Waals surface area contributed by atoms with Gasteiger partial charge in [-0.15, -0.1) is 11.3 Å². The van der Waals surface area contributed by atoms with Gasteiger partial charge >= 0.3 is 0 Å². The molecule has 0 aliphatic heterocycles. The van der Waals surface area contributed by atoms with Crippen LogP contribution in [-0.4, -0.2) is 6.54 Å². The van der Waals surface area contributed by atoms with Gasteiger partial charge in [0.25, 0.3) is 0 Å². The van der Waals surface area contributed by atoms with Crippen molar-refractivity contribution in [2.45, 2.75) is 19.4 Å². The average molecular weight is 295 g/mol. The number of thiophene rings is 1. The Morgan fingerprint density at radius 3 is 2.86 bits per heavy atom. The van der Waals surface area contributed by atoms with Crippen molar-refractivity contribution in [1.29, 1.82) is 0 Å². The van der Waals surface area contributed by atoms with E-state index in [2.05, 4.69) is 40.8 Å². The van der Waals surface area contributed by atoms with E-state index >= 15 is 0 Å². The van der Waals surface area contributed by atoms with Crippen molar-refractivity contribution in [2.75, 3.05) is 6.54 Å². The van der Waals surface area contributed by atoms with Crippen molar-refractivity contribution in [3.05, 3.63) is 32.4 Å². The summed E-state index contributed by atoms with van der Waals surface area (Å²) in [6, 6.07) is 4.39. The molecule has 0 aliphatic carbocycles. The molecule has 1 rings (SSSR count). The Hall–Kier alpha value is 0.170. The molecule has 14 heavy (non-hydrogen) atoms. The maximum absolute atomic E-state index is 5.89. The van der Waals surface area contributed by atoms with Gasteiger partial charge < -0.3 is 5.32 Å². The van der Waals surface area contributed by atoms with Crippen molar-refractivity contribution in [2.24, 2.45) is 0 Å². The molecular weight excluding hydrogens is 282 g/mol. The van der Waals surface area contributed by atoms with Gasteiger partial charge in [-0.05, 0) is 18.6 Å². The zero-order chi connectivity index (χ0) is 10.6. The van der Waals surface area contributed by atoms with Crippen LogP contribution in [0, 0.1) is 0 Å². The summed E-state index contributed by atoms with van der Waals surface area (Å²) in [5.74, 6) is 0. The van der Waals surface area contributed by atoms with Crippen LogP contribution in [0.5, 0.6) is 0 Å². The van der Waals surface area contributed by atoms with Crippen LogP contribution in [-0.2, 0) is 0 Å². The van der Waals surface area contributed by atoms with Gasteiger partial charge in [0.15, 0.2) is 0 Å². The van der Waals surface area contributed by atoms with Gasteiger partial charge in [0, 0.05) is 21.9 Å². The lowest BCUT2D eigenvalue weighted by molar-refractivity contribution is 0.559. The molecule has 0 bridgehead atoms. The predicted molar refractivity (Wildman–Crippen MR) is 68.4 cm³/mol. The third kappa shape index (κ3) is 3.73. The number of nitrogens with one attached hydrogen (secondary N) is 1. The second-order valence-electron chi connectivity index (χ2n) is 3.00. The van der Waals surface area contributed by atoms with Gasteiger partial charge in [0.1, 0.15) is 0 Å². The molecule has 0 saturated carbocycles. The van der Waals surface area contributed by atoms with Crippen LogP contribution in [0.15, 0.2) is 23.2 Å². The standard InChI is InChI=1S/C10H13BrClNS/c1-3-8(13-6-7(2)11)9-4-5-10(12)14-9/h4-5,8,13H,2-3,6H2,1H3. The molecule has 0 amide bonds. The Kier molecular flexibility index (Phi) is 5.17. The fraction of sp³-hybridized carbons (Fsp3) is 0.400. The monoisotopic (exact) mass is 293 g/mol. The molecule has 1 unspecified atom stereocenters. The highest BCUT2D eigenvalue weighted by Crippen LogP contribution is 2.28. The van der Waals surface area contributed by atoms with Crippen molar-refractivity contribution >= 4 is 38.9 Å². The summed E-state index contributed by atoms with van der Waals surface area (Å²) < 4.78 is 1.82. The zero-order valence-corrected chi connectivity index (χ0v) is 11.2. The third-order valence-corrected chi connectivity index (χ3v) is 3.51. The van der Waals surface area contributed by atoms with E-state index in [1.54, 1.807) is 11.3 Å². The molecule has 78 valence electrons. The van der Waals surface area contributed by atoms with Gasteiger partial charge in [-0.1, -0.05) is 41.0 Å². The fourth-order valence-electron chi connectivity index (χ4n) is 1.20. The molecule has 0 radical (unpaired) electrons. The number of hydrogen-bond acceptors (Lipinski definition) is 2. The molecule has 0 saturated heterocycles. The summed E-state index contributed by atoms with van der Waals surface area (Å²) >= 11 is 10.8. The highest BCUT2D eigenvalue weighted by Gasteiger charge is 2.10. The van der Waals surface area contributed by atoms with Crippen LogP contribution in [0.3, 0.4) is 0 Å². The maximum Gasteiger partial charge on any atom is 0.0931 e. The van der Waals surface area contributed by atoms with Crippen molar-refractivity contribution in [3.63, 3.8) is 0 Å². The lowest BCUT2D eigenvalue weighted by Gasteiger charge is -2.14. The Balaban J connectivity index is 2.58. The second-order valence-corrected chi connectivity index (χ2v) is 5.87. The lowest BCUT2D eigenvalue weighted by Crippen LogP contribution is -2.20. The van der Waals surface area contributed by atoms with Crippen LogP contribution in [0.25, 0.3) is 0 Å². The van der Waals surface area contributed by atoms with Gasteiger partial charge in [-0.3, -0.25) is 0 Å². The number of rotatable bonds is 5. The van der Waals surface area contributed by atoms with Crippen LogP contribution >= 0.6 is 38.9 Å². The largest absolute Gasteiger partial charge is 0.305 e. The lowest BCUT2D eigenvalue weighted by atomic mass is 10.2. The molecule has 4 heteroatoms. The van der Waals surface area contributed by atoms with E-state index < -0.39 is 0 Å². The fourth-order valence-corrected chi connectivity index (χ4v) is 2.58. The molecule has 1 heterocycles. The van der Waals surface area contributed by atoms with E-state index in [-0.39, 0.29) is 0 Å². The summed E-state index contributed by atoms with van der Waals surface area (Å²) in [6.45, 7) is 6.73. The van der Waals surface area contributed by atoms with Gasteiger partial charge in [0.05, 0.1) is 4.34 Å². The second kappa shape index (κ2) is 5.91. The molecule has 1 nitrogen and oxygen atoms in total. The average Bonchev–Trinajstić information content (AvgIpc) is 2.53. The minimum absolute atomic E-state index is 0.377. The van der Waals surface area contributed by atoms with E-state index in [9.17, 15) is 0 Å². The number of halogens is 2. The molecule has 0 aliphatic rings. The molecule has 0 spiro atoms. The molecule has 1 atom stereocenters. The molecule has 0 fully saturated rings. The molecule has 1 aromatic rings. The van der Waals surface area contributed by atoms with E-state index in [4.69, 9.17) is 11.6 Å². The zero-order valence-electron chi connectivity index (χ0n) is 8.02. The summed E-state index contributed by atoms with van der Waals surface area (Å²) in [5.41, 5.74) is 0. The van der Waals surface area contributed by atoms with E-state index in [1.165, 1.54) is 4.88 Å². The first-order valence-corrected chi connectivity index (χ1v) is 6.44. The molecular formula is C10H13BrClNS. The quantitative estimate of drug-likeness (QED) is 0.851. The smallest absolute Gasteiger partial charge is 0.0931 e. The Bertz CT molecular complexity index is 311. The summed E-state index contributed by atoms with van der Waals surface area (Å²) in [7, 11) is 0. The first-order chi connectivity index (χ1) is 6.63. The highest BCUT2D eigenvalue weighted by molar-refractivity contribution is 9.11. The SMILES string of the molecule is C=C(Br)CNC(CC)c1ccc(Cl)s1. The van der Waals surface area contributed by atoms with Gasteiger partial charge in [0.2, 0.25) is 0 Å². The van der Waals surface area contributed by atoms with Crippen molar-refractivity contribution in [1.82, 2.24) is 5.32 Å². The first kappa shape index (κ1) is 12.2. The highest BCUT2D eigenvalue weighted by atomic mass is 79.9. The Morgan fingerprint density at radius 2 is 2.43 bits per heavy atom. The maximum atomic E-state index is 5.89. The van der Waals surface area contributed by atoms with E-state index in [0.717, 1.165) is 21.8 Å². The van der Waals surface area contributed by atoms with Crippen LogP contribution < -0.4 is 5.32 Å². The molecule has 0 aromatic carbocycles. The topological polar surface area (TPSA) is 12.0 Å².